The van der Waals surface area contributed by atoms with Gasteiger partial charge in [-0.25, -0.2) is 0 Å². The Bertz CT molecular complexity index is 245. The molecule has 0 aromatic heterocycles. The van der Waals surface area contributed by atoms with Crippen LogP contribution < -0.4 is 0 Å². The molecule has 1 heterocycles. The summed E-state index contributed by atoms with van der Waals surface area (Å²) in [5.41, 5.74) is 8.16. The van der Waals surface area contributed by atoms with Gasteiger partial charge in [0.25, 0.3) is 0 Å². The highest BCUT2D eigenvalue weighted by Gasteiger charge is 2.42. The second-order valence-electron chi connectivity index (χ2n) is 4.51. The lowest BCUT2D eigenvalue weighted by Crippen LogP contribution is -2.39. The number of fused-ring (bicyclic) bond motifs is 2. The number of likely N-dealkylation sites (tertiary alicyclic amines) is 1. The maximum atomic E-state index is 8.16. The zero-order chi connectivity index (χ0) is 9.97. The highest BCUT2D eigenvalue weighted by molar-refractivity contribution is 4.97. The van der Waals surface area contributed by atoms with E-state index in [0.717, 1.165) is 31.0 Å². The molecule has 0 radical (unpaired) electrons. The van der Waals surface area contributed by atoms with Gasteiger partial charge in [0.1, 0.15) is 0 Å². The molecule has 4 heteroatoms. The molecular weight excluding hydrogens is 176 g/mol. The molecule has 2 fully saturated rings. The van der Waals surface area contributed by atoms with Gasteiger partial charge in [-0.15, -0.1) is 0 Å². The van der Waals surface area contributed by atoms with Crippen molar-refractivity contribution in [3.05, 3.63) is 10.4 Å². The third-order valence-electron chi connectivity index (χ3n) is 3.86. The van der Waals surface area contributed by atoms with Gasteiger partial charge in [0.15, 0.2) is 0 Å². The van der Waals surface area contributed by atoms with Crippen molar-refractivity contribution in [2.75, 3.05) is 13.1 Å². The largest absolute Gasteiger partial charge is 0.297 e. The Hall–Kier alpha value is -0.730. The van der Waals surface area contributed by atoms with E-state index in [2.05, 4.69) is 21.8 Å². The van der Waals surface area contributed by atoms with Crippen LogP contribution in [0.4, 0.5) is 0 Å². The Morgan fingerprint density at radius 2 is 2.36 bits per heavy atom. The van der Waals surface area contributed by atoms with Crippen LogP contribution >= 0.6 is 0 Å². The van der Waals surface area contributed by atoms with Gasteiger partial charge in [-0.2, -0.15) is 0 Å². The van der Waals surface area contributed by atoms with Crippen molar-refractivity contribution in [1.82, 2.24) is 4.90 Å². The van der Waals surface area contributed by atoms with Crippen LogP contribution in [-0.4, -0.2) is 30.1 Å². The predicted octanol–water partition coefficient (Wildman–Crippen LogP) is 2.56. The summed E-state index contributed by atoms with van der Waals surface area (Å²) in [7, 11) is 0. The molecule has 0 N–H and O–H groups in total. The molecule has 1 aliphatic heterocycles. The fourth-order valence-corrected chi connectivity index (χ4v) is 3.09. The first-order chi connectivity index (χ1) is 6.83. The van der Waals surface area contributed by atoms with E-state index in [1.807, 2.05) is 0 Å². The van der Waals surface area contributed by atoms with Gasteiger partial charge in [-0.1, -0.05) is 5.11 Å². The van der Waals surface area contributed by atoms with E-state index < -0.39 is 0 Å². The van der Waals surface area contributed by atoms with Crippen LogP contribution in [-0.2, 0) is 0 Å². The molecule has 0 aromatic carbocycles. The molecule has 2 rings (SSSR count). The molecule has 1 saturated heterocycles. The molecule has 14 heavy (non-hydrogen) atoms. The number of hydrogen-bond acceptors (Lipinski definition) is 2. The van der Waals surface area contributed by atoms with Crippen molar-refractivity contribution >= 4 is 0 Å². The summed E-state index contributed by atoms with van der Waals surface area (Å²) in [4.78, 5) is 5.39. The number of nitrogens with zero attached hydrogens (tertiary/aromatic N) is 4. The summed E-state index contributed by atoms with van der Waals surface area (Å²) in [5.74, 6) is 0.944. The minimum Gasteiger partial charge on any atom is -0.297 e. The van der Waals surface area contributed by atoms with Crippen molar-refractivity contribution in [3.63, 3.8) is 0 Å². The molecule has 78 valence electrons. The normalized spacial score (nSPS) is 35.9. The Morgan fingerprint density at radius 1 is 1.50 bits per heavy atom. The van der Waals surface area contributed by atoms with Gasteiger partial charge in [0.05, 0.1) is 0 Å². The van der Waals surface area contributed by atoms with E-state index in [1.54, 1.807) is 0 Å². The molecule has 2 aliphatic rings. The molecule has 2 bridgehead atoms. The van der Waals surface area contributed by atoms with E-state index in [0.29, 0.717) is 6.54 Å². The monoisotopic (exact) mass is 194 g/mol. The lowest BCUT2D eigenvalue weighted by atomic mass is 10.0. The Labute approximate surface area is 84.9 Å². The summed E-state index contributed by atoms with van der Waals surface area (Å²) < 4.78 is 0. The summed E-state index contributed by atoms with van der Waals surface area (Å²) >= 11 is 0. The first-order valence-corrected chi connectivity index (χ1v) is 5.59. The summed E-state index contributed by atoms with van der Waals surface area (Å²) in [6.07, 6.45) is 5.23. The lowest BCUT2D eigenvalue weighted by molar-refractivity contribution is 0.150. The molecule has 0 aromatic rings. The van der Waals surface area contributed by atoms with Gasteiger partial charge >= 0.3 is 0 Å². The highest BCUT2D eigenvalue weighted by atomic mass is 15.2. The van der Waals surface area contributed by atoms with Gasteiger partial charge in [0, 0.05) is 23.5 Å². The molecule has 4 nitrogen and oxygen atoms in total. The van der Waals surface area contributed by atoms with Crippen molar-refractivity contribution < 1.29 is 0 Å². The van der Waals surface area contributed by atoms with Gasteiger partial charge in [0.2, 0.25) is 0 Å². The van der Waals surface area contributed by atoms with Gasteiger partial charge in [-0.05, 0) is 50.6 Å². The van der Waals surface area contributed by atoms with E-state index in [4.69, 9.17) is 5.53 Å². The maximum Gasteiger partial charge on any atom is 0.0270 e. The second-order valence-corrected chi connectivity index (χ2v) is 4.51. The number of hydrogen-bond donors (Lipinski definition) is 0. The molecular formula is C10H18N4. The van der Waals surface area contributed by atoms with Gasteiger partial charge in [-0.3, -0.25) is 4.90 Å². The number of rotatable bonds is 4. The van der Waals surface area contributed by atoms with Crippen LogP contribution in [0.2, 0.25) is 0 Å². The number of piperidine rings is 1. The zero-order valence-electron chi connectivity index (χ0n) is 8.76. The predicted molar refractivity (Wildman–Crippen MR) is 55.9 cm³/mol. The molecule has 3 unspecified atom stereocenters. The lowest BCUT2D eigenvalue weighted by Gasteiger charge is -2.32. The van der Waals surface area contributed by atoms with Crippen LogP contribution in [0.15, 0.2) is 5.11 Å². The van der Waals surface area contributed by atoms with E-state index in [1.165, 1.54) is 19.3 Å². The Kier molecular flexibility index (Phi) is 2.94. The van der Waals surface area contributed by atoms with Crippen LogP contribution in [0.3, 0.4) is 0 Å². The van der Waals surface area contributed by atoms with Crippen molar-refractivity contribution in [3.8, 4) is 0 Å². The second kappa shape index (κ2) is 4.20. The smallest absolute Gasteiger partial charge is 0.0270 e. The molecule has 0 spiro atoms. The Morgan fingerprint density at radius 3 is 3.00 bits per heavy atom. The molecule has 3 atom stereocenters. The average molecular weight is 194 g/mol. The molecule has 1 aliphatic carbocycles. The Balaban J connectivity index is 1.78. The van der Waals surface area contributed by atoms with Crippen LogP contribution in [0.5, 0.6) is 0 Å². The third-order valence-corrected chi connectivity index (χ3v) is 3.86. The summed E-state index contributed by atoms with van der Waals surface area (Å²) in [5, 5.41) is 3.57. The van der Waals surface area contributed by atoms with Crippen LogP contribution in [0.1, 0.15) is 32.6 Å². The minimum absolute atomic E-state index is 0.650. The zero-order valence-corrected chi connectivity index (χ0v) is 8.76. The fourth-order valence-electron chi connectivity index (χ4n) is 3.09. The first-order valence-electron chi connectivity index (χ1n) is 5.59. The SMILES string of the molecule is CC1C2CCC(C2)N1CCCN=[N+]=[N-]. The van der Waals surface area contributed by atoms with E-state index in [9.17, 15) is 0 Å². The van der Waals surface area contributed by atoms with Crippen molar-refractivity contribution in [2.45, 2.75) is 44.7 Å². The standard InChI is InChI=1S/C10H18N4/c1-8-9-3-4-10(7-9)14(8)6-2-5-12-13-11/h8-10H,2-7H2,1H3. The first kappa shape index (κ1) is 9.81. The molecule has 0 amide bonds. The minimum atomic E-state index is 0.650. The average Bonchev–Trinajstić information content (AvgIpc) is 2.75. The number of azide groups is 1. The van der Waals surface area contributed by atoms with Crippen LogP contribution in [0.25, 0.3) is 10.4 Å². The van der Waals surface area contributed by atoms with Crippen LogP contribution in [0, 0.1) is 5.92 Å². The van der Waals surface area contributed by atoms with Crippen molar-refractivity contribution in [1.29, 1.82) is 0 Å². The van der Waals surface area contributed by atoms with Gasteiger partial charge < -0.3 is 0 Å². The van der Waals surface area contributed by atoms with E-state index >= 15 is 0 Å². The summed E-state index contributed by atoms with van der Waals surface area (Å²) in [6.45, 7) is 4.11. The third kappa shape index (κ3) is 1.72. The van der Waals surface area contributed by atoms with Crippen molar-refractivity contribution in [2.24, 2.45) is 11.0 Å². The summed E-state index contributed by atoms with van der Waals surface area (Å²) in [6, 6.07) is 1.60. The topological polar surface area (TPSA) is 52.0 Å². The molecule has 1 saturated carbocycles. The quantitative estimate of drug-likeness (QED) is 0.293. The maximum absolute atomic E-state index is 8.16. The fraction of sp³-hybridized carbons (Fsp3) is 1.00. The van der Waals surface area contributed by atoms with E-state index in [-0.39, 0.29) is 0 Å². The highest BCUT2D eigenvalue weighted by Crippen LogP contribution is 2.41.